The molecule has 0 heterocycles. The molecular weight excluding hydrogens is 389 g/mol. The molecular formula is C18H20INO2. The minimum absolute atomic E-state index is 0.0271. The summed E-state index contributed by atoms with van der Waals surface area (Å²) in [5.74, 6) is -0.0271. The SMILES string of the molecule is O=C(NCCCOCCc1ccccc1)c1ccc(I)cc1. The number of amides is 1. The smallest absolute Gasteiger partial charge is 0.251 e. The van der Waals surface area contributed by atoms with E-state index in [1.54, 1.807) is 0 Å². The summed E-state index contributed by atoms with van der Waals surface area (Å²) in [6.07, 6.45) is 1.75. The number of halogens is 1. The molecule has 0 atom stereocenters. The largest absolute Gasteiger partial charge is 0.381 e. The molecule has 4 heteroatoms. The Kier molecular flexibility index (Phi) is 7.39. The normalized spacial score (nSPS) is 10.4. The predicted molar refractivity (Wildman–Crippen MR) is 97.1 cm³/mol. The van der Waals surface area contributed by atoms with Gasteiger partial charge in [0, 0.05) is 22.3 Å². The van der Waals surface area contributed by atoms with Crippen LogP contribution in [0.25, 0.3) is 0 Å². The van der Waals surface area contributed by atoms with Crippen LogP contribution in [0.4, 0.5) is 0 Å². The molecule has 0 aliphatic carbocycles. The van der Waals surface area contributed by atoms with Gasteiger partial charge >= 0.3 is 0 Å². The second-order valence-corrected chi connectivity index (χ2v) is 6.21. The molecule has 0 bridgehead atoms. The first-order chi connectivity index (χ1) is 10.8. The zero-order valence-electron chi connectivity index (χ0n) is 12.4. The fourth-order valence-corrected chi connectivity index (χ4v) is 2.38. The highest BCUT2D eigenvalue weighted by atomic mass is 127. The molecule has 116 valence electrons. The van der Waals surface area contributed by atoms with Gasteiger partial charge < -0.3 is 10.1 Å². The maximum Gasteiger partial charge on any atom is 0.251 e. The molecule has 0 fully saturated rings. The Bertz CT molecular complexity index is 569. The zero-order valence-corrected chi connectivity index (χ0v) is 14.6. The van der Waals surface area contributed by atoms with E-state index in [4.69, 9.17) is 4.74 Å². The summed E-state index contributed by atoms with van der Waals surface area (Å²) < 4.78 is 6.71. The van der Waals surface area contributed by atoms with Crippen molar-refractivity contribution in [2.75, 3.05) is 19.8 Å². The van der Waals surface area contributed by atoms with E-state index in [0.717, 1.165) is 23.0 Å². The van der Waals surface area contributed by atoms with Crippen molar-refractivity contribution >= 4 is 28.5 Å². The molecule has 0 unspecified atom stereocenters. The molecule has 0 saturated heterocycles. The minimum atomic E-state index is -0.0271. The molecule has 0 aliphatic rings. The lowest BCUT2D eigenvalue weighted by Gasteiger charge is -2.07. The molecule has 1 amide bonds. The average Bonchev–Trinajstić information content (AvgIpc) is 2.55. The van der Waals surface area contributed by atoms with E-state index in [0.29, 0.717) is 18.7 Å². The molecule has 3 nitrogen and oxygen atoms in total. The second kappa shape index (κ2) is 9.58. The van der Waals surface area contributed by atoms with Crippen molar-refractivity contribution in [2.45, 2.75) is 12.8 Å². The molecule has 1 N–H and O–H groups in total. The lowest BCUT2D eigenvalue weighted by atomic mass is 10.2. The fourth-order valence-electron chi connectivity index (χ4n) is 2.02. The van der Waals surface area contributed by atoms with Crippen molar-refractivity contribution in [1.29, 1.82) is 0 Å². The minimum Gasteiger partial charge on any atom is -0.381 e. The van der Waals surface area contributed by atoms with Gasteiger partial charge in [0.2, 0.25) is 0 Å². The zero-order chi connectivity index (χ0) is 15.6. The number of benzene rings is 2. The Morgan fingerprint density at radius 2 is 1.73 bits per heavy atom. The third-order valence-electron chi connectivity index (χ3n) is 3.24. The van der Waals surface area contributed by atoms with E-state index in [-0.39, 0.29) is 5.91 Å². The van der Waals surface area contributed by atoms with Gasteiger partial charge in [0.1, 0.15) is 0 Å². The van der Waals surface area contributed by atoms with E-state index < -0.39 is 0 Å². The molecule has 2 aromatic rings. The quantitative estimate of drug-likeness (QED) is 0.534. The number of carbonyl (C=O) groups excluding carboxylic acids is 1. The van der Waals surface area contributed by atoms with Gasteiger partial charge in [-0.25, -0.2) is 0 Å². The monoisotopic (exact) mass is 409 g/mol. The summed E-state index contributed by atoms with van der Waals surface area (Å²) in [6, 6.07) is 17.8. The number of nitrogens with one attached hydrogen (secondary N) is 1. The Balaban J connectivity index is 1.54. The van der Waals surface area contributed by atoms with Crippen molar-refractivity contribution in [3.05, 3.63) is 69.3 Å². The Labute approximate surface area is 145 Å². The highest BCUT2D eigenvalue weighted by molar-refractivity contribution is 14.1. The van der Waals surface area contributed by atoms with E-state index in [2.05, 4.69) is 40.0 Å². The lowest BCUT2D eigenvalue weighted by Crippen LogP contribution is -2.25. The van der Waals surface area contributed by atoms with Crippen LogP contribution in [0.5, 0.6) is 0 Å². The molecule has 0 radical (unpaired) electrons. The molecule has 0 aliphatic heterocycles. The maximum absolute atomic E-state index is 11.9. The van der Waals surface area contributed by atoms with Crippen LogP contribution >= 0.6 is 22.6 Å². The summed E-state index contributed by atoms with van der Waals surface area (Å²) in [4.78, 5) is 11.9. The molecule has 2 rings (SSSR count). The highest BCUT2D eigenvalue weighted by Crippen LogP contribution is 2.06. The number of carbonyl (C=O) groups is 1. The van der Waals surface area contributed by atoms with Crippen LogP contribution in [-0.4, -0.2) is 25.7 Å². The summed E-state index contributed by atoms with van der Waals surface area (Å²) in [7, 11) is 0. The van der Waals surface area contributed by atoms with Crippen molar-refractivity contribution in [3.8, 4) is 0 Å². The Morgan fingerprint density at radius 3 is 2.45 bits per heavy atom. The number of ether oxygens (including phenoxy) is 1. The van der Waals surface area contributed by atoms with E-state index >= 15 is 0 Å². The van der Waals surface area contributed by atoms with Crippen LogP contribution in [0.2, 0.25) is 0 Å². The summed E-state index contributed by atoms with van der Waals surface area (Å²) in [6.45, 7) is 2.02. The van der Waals surface area contributed by atoms with Gasteiger partial charge in [0.25, 0.3) is 5.91 Å². The third kappa shape index (κ3) is 6.15. The van der Waals surface area contributed by atoms with Crippen LogP contribution in [0, 0.1) is 3.57 Å². The summed E-state index contributed by atoms with van der Waals surface area (Å²) >= 11 is 2.22. The predicted octanol–water partition coefficient (Wildman–Crippen LogP) is 3.67. The highest BCUT2D eigenvalue weighted by Gasteiger charge is 2.03. The fraction of sp³-hybridized carbons (Fsp3) is 0.278. The van der Waals surface area contributed by atoms with Crippen LogP contribution < -0.4 is 5.32 Å². The van der Waals surface area contributed by atoms with Gasteiger partial charge in [0.15, 0.2) is 0 Å². The van der Waals surface area contributed by atoms with Gasteiger partial charge in [-0.15, -0.1) is 0 Å². The van der Waals surface area contributed by atoms with Crippen molar-refractivity contribution < 1.29 is 9.53 Å². The van der Waals surface area contributed by atoms with Crippen LogP contribution in [-0.2, 0) is 11.2 Å². The standard InChI is InChI=1S/C18H20INO2/c19-17-9-7-16(8-10-17)18(21)20-12-4-13-22-14-11-15-5-2-1-3-6-15/h1-3,5-10H,4,11-14H2,(H,20,21). The van der Waals surface area contributed by atoms with Crippen LogP contribution in [0.3, 0.4) is 0 Å². The molecule has 2 aromatic carbocycles. The first kappa shape index (κ1) is 17.0. The summed E-state index contributed by atoms with van der Waals surface area (Å²) in [5, 5.41) is 2.91. The number of hydrogen-bond donors (Lipinski definition) is 1. The van der Waals surface area contributed by atoms with Gasteiger partial charge in [-0.05, 0) is 65.3 Å². The molecule has 0 saturated carbocycles. The van der Waals surface area contributed by atoms with E-state index in [9.17, 15) is 4.79 Å². The average molecular weight is 409 g/mol. The molecule has 0 spiro atoms. The van der Waals surface area contributed by atoms with Gasteiger partial charge in [0.05, 0.1) is 6.61 Å². The molecule has 22 heavy (non-hydrogen) atoms. The van der Waals surface area contributed by atoms with Crippen molar-refractivity contribution in [2.24, 2.45) is 0 Å². The van der Waals surface area contributed by atoms with E-state index in [1.165, 1.54) is 5.56 Å². The topological polar surface area (TPSA) is 38.3 Å². The first-order valence-corrected chi connectivity index (χ1v) is 8.49. The lowest BCUT2D eigenvalue weighted by molar-refractivity contribution is 0.0942. The first-order valence-electron chi connectivity index (χ1n) is 7.41. The summed E-state index contributed by atoms with van der Waals surface area (Å²) in [5.41, 5.74) is 1.99. The number of rotatable bonds is 8. The molecule has 0 aromatic heterocycles. The Hall–Kier alpha value is -1.40. The van der Waals surface area contributed by atoms with Gasteiger partial charge in [-0.2, -0.15) is 0 Å². The van der Waals surface area contributed by atoms with Crippen molar-refractivity contribution in [3.63, 3.8) is 0 Å². The van der Waals surface area contributed by atoms with Crippen molar-refractivity contribution in [1.82, 2.24) is 5.32 Å². The van der Waals surface area contributed by atoms with E-state index in [1.807, 2.05) is 42.5 Å². The van der Waals surface area contributed by atoms with Gasteiger partial charge in [-0.1, -0.05) is 30.3 Å². The van der Waals surface area contributed by atoms with Crippen LogP contribution in [0.15, 0.2) is 54.6 Å². The van der Waals surface area contributed by atoms with Crippen LogP contribution in [0.1, 0.15) is 22.3 Å². The van der Waals surface area contributed by atoms with Gasteiger partial charge in [-0.3, -0.25) is 4.79 Å². The number of hydrogen-bond acceptors (Lipinski definition) is 2. The Morgan fingerprint density at radius 1 is 1.00 bits per heavy atom. The third-order valence-corrected chi connectivity index (χ3v) is 3.95. The second-order valence-electron chi connectivity index (χ2n) is 4.96. The maximum atomic E-state index is 11.9.